The van der Waals surface area contributed by atoms with E-state index in [1.165, 1.54) is 10.9 Å². The second-order valence-electron chi connectivity index (χ2n) is 9.38. The molecule has 42 heavy (non-hydrogen) atoms. The van der Waals surface area contributed by atoms with Gasteiger partial charge in [-0.25, -0.2) is 28.9 Å². The molecule has 20 nitrogen and oxygen atoms in total. The summed E-state index contributed by atoms with van der Waals surface area (Å²) in [5.41, 5.74) is 4.50. The molecule has 23 heteroatoms. The Morgan fingerprint density at radius 2 is 1.71 bits per heavy atom. The van der Waals surface area contributed by atoms with Gasteiger partial charge in [-0.1, -0.05) is 12.2 Å². The van der Waals surface area contributed by atoms with E-state index in [9.17, 15) is 33.8 Å². The molecule has 3 fully saturated rings. The van der Waals surface area contributed by atoms with Crippen LogP contribution in [0.25, 0.3) is 11.2 Å². The lowest BCUT2D eigenvalue weighted by molar-refractivity contribution is -0.0652. The maximum Gasteiger partial charge on any atom is 0.472 e. The van der Waals surface area contributed by atoms with Gasteiger partial charge in [-0.3, -0.25) is 37.0 Å². The van der Waals surface area contributed by atoms with E-state index in [2.05, 4.69) is 27.2 Å². The number of nitrogens with one attached hydrogen (secondary N) is 1. The van der Waals surface area contributed by atoms with Gasteiger partial charge in [0, 0.05) is 12.3 Å². The fraction of sp³-hybridized carbons (Fsp3) is 0.526. The predicted molar refractivity (Wildman–Crippen MR) is 139 cm³/mol. The smallest absolute Gasteiger partial charge is 0.387 e. The number of H-pyrrole nitrogens is 1. The molecule has 0 spiro atoms. The van der Waals surface area contributed by atoms with Crippen molar-refractivity contribution in [2.45, 2.75) is 49.1 Å². The zero-order valence-corrected chi connectivity index (χ0v) is 23.6. The molecule has 3 saturated heterocycles. The van der Waals surface area contributed by atoms with E-state index in [-0.39, 0.29) is 17.0 Å². The van der Waals surface area contributed by atoms with Crippen LogP contribution in [0.1, 0.15) is 12.5 Å². The second kappa shape index (κ2) is 10.9. The third-order valence-corrected chi connectivity index (χ3v) is 9.32. The van der Waals surface area contributed by atoms with E-state index in [4.69, 9.17) is 33.3 Å². The number of aliphatic hydroxyl groups is 2. The maximum absolute atomic E-state index is 13.2. The van der Waals surface area contributed by atoms with Crippen molar-refractivity contribution in [3.63, 3.8) is 0 Å². The summed E-state index contributed by atoms with van der Waals surface area (Å²) in [7, 11) is -5.05. The zero-order chi connectivity index (χ0) is 30.0. The number of rotatable bonds is 2. The van der Waals surface area contributed by atoms with E-state index in [1.54, 1.807) is 0 Å². The molecule has 0 amide bonds. The first-order chi connectivity index (χ1) is 19.8. The Bertz CT molecular complexity index is 1720. The third kappa shape index (κ3) is 5.47. The number of hydrogen-bond donors (Lipinski definition) is 6. The first kappa shape index (κ1) is 29.5. The summed E-state index contributed by atoms with van der Waals surface area (Å²) >= 11 is 3.95. The number of anilines is 1. The Kier molecular flexibility index (Phi) is 7.66. The predicted octanol–water partition coefficient (Wildman–Crippen LogP) is -1.57. The Morgan fingerprint density at radius 1 is 0.976 bits per heavy atom. The average molecular weight is 651 g/mol. The number of aromatic amines is 1. The zero-order valence-electron chi connectivity index (χ0n) is 20.9. The van der Waals surface area contributed by atoms with Crippen LogP contribution in [-0.2, 0) is 36.7 Å². The Labute approximate surface area is 238 Å². The third-order valence-electron chi connectivity index (χ3n) is 6.72. The number of nitrogen functional groups attached to an aromatic ring is 1. The van der Waals surface area contributed by atoms with Crippen LogP contribution in [0.5, 0.6) is 0 Å². The molecule has 6 N–H and O–H groups in total. The number of thiol groups is 1. The van der Waals surface area contributed by atoms with Gasteiger partial charge in [-0.05, 0) is 0 Å². The van der Waals surface area contributed by atoms with Crippen LogP contribution < -0.4 is 17.0 Å². The van der Waals surface area contributed by atoms with Crippen molar-refractivity contribution in [1.29, 1.82) is 0 Å². The molecule has 0 aliphatic carbocycles. The molecule has 3 aliphatic heterocycles. The van der Waals surface area contributed by atoms with E-state index in [0.29, 0.717) is 0 Å². The summed E-state index contributed by atoms with van der Waals surface area (Å²) in [6.07, 6.45) is -8.75. The first-order valence-corrected chi connectivity index (χ1v) is 16.3. The lowest BCUT2D eigenvalue weighted by Gasteiger charge is -2.26. The van der Waals surface area contributed by atoms with Crippen LogP contribution in [0.2, 0.25) is 0 Å². The molecule has 0 radical (unpaired) electrons. The lowest BCUT2D eigenvalue weighted by atomic mass is 10.1. The summed E-state index contributed by atoms with van der Waals surface area (Å²) in [4.78, 5) is 48.4. The molecule has 0 aromatic carbocycles. The summed E-state index contributed by atoms with van der Waals surface area (Å²) < 4.78 is 61.1. The van der Waals surface area contributed by atoms with Gasteiger partial charge in [0.1, 0.15) is 48.5 Å². The standard InChI is InChI=1S/C19H23N7O13P2S/c20-15-10-16(22-5-21-15)26(6-23-10)18-14-11(28)7(36-18)3-35-41(33,42)39-13-8(4-34-40(31,32)38-14)37-17(12(13)29)25-2-1-9(27)24-19(25)30/h1-2,5-8,11-14,17-18,28-29H,3-4H2,(H,31,32)(H,33,42)(H2,20,21,22)(H,24,27,30)/t7-,8-,11-,12-,13-,14-,17-,18-,41?/m1/s1. The number of aliphatic hydroxyl groups excluding tert-OH is 2. The highest BCUT2D eigenvalue weighted by Crippen LogP contribution is 2.58. The number of fused-ring (bicyclic) bond motifs is 4. The number of nitrogens with two attached hydrogens (primary N) is 1. The molecule has 228 valence electrons. The van der Waals surface area contributed by atoms with Gasteiger partial charge in [-0.15, -0.1) is 0 Å². The van der Waals surface area contributed by atoms with E-state index in [0.717, 1.165) is 23.2 Å². The molecule has 6 heterocycles. The molecular formula is C19H23N7O13P2S. The van der Waals surface area contributed by atoms with Crippen LogP contribution in [0.15, 0.2) is 34.5 Å². The molecule has 2 unspecified atom stereocenters. The minimum Gasteiger partial charge on any atom is -0.387 e. The van der Waals surface area contributed by atoms with Crippen molar-refractivity contribution >= 4 is 43.9 Å². The van der Waals surface area contributed by atoms with Crippen molar-refractivity contribution in [1.82, 2.24) is 29.1 Å². The molecule has 3 aliphatic rings. The van der Waals surface area contributed by atoms with Crippen LogP contribution in [-0.4, -0.2) is 94.0 Å². The van der Waals surface area contributed by atoms with Crippen molar-refractivity contribution in [2.24, 2.45) is 0 Å². The number of ether oxygens (including phenoxy) is 2. The molecule has 3 aromatic heterocycles. The number of phosphoric ester groups is 1. The maximum atomic E-state index is 13.2. The number of aromatic nitrogens is 6. The van der Waals surface area contributed by atoms with Crippen LogP contribution in [0, 0.1) is 0 Å². The van der Waals surface area contributed by atoms with Gasteiger partial charge >= 0.3 is 20.3 Å². The minimum absolute atomic E-state index is 0.0387. The largest absolute Gasteiger partial charge is 0.472 e. The average Bonchev–Trinajstić information content (AvgIpc) is 3.57. The quantitative estimate of drug-likeness (QED) is 0.135. The Balaban J connectivity index is 1.32. The minimum atomic E-state index is -5.05. The number of phosphoric acid groups is 1. The van der Waals surface area contributed by atoms with Crippen LogP contribution in [0.3, 0.4) is 0 Å². The van der Waals surface area contributed by atoms with Gasteiger partial charge in [0.05, 0.1) is 19.5 Å². The molecular weight excluding hydrogens is 628 g/mol. The highest BCUT2D eigenvalue weighted by molar-refractivity contribution is 8.44. The summed E-state index contributed by atoms with van der Waals surface area (Å²) in [5, 5.41) is 21.9. The van der Waals surface area contributed by atoms with Crippen molar-refractivity contribution in [3.8, 4) is 0 Å². The molecule has 3 aromatic rings. The fourth-order valence-electron chi connectivity index (χ4n) is 4.79. The highest BCUT2D eigenvalue weighted by Gasteiger charge is 2.53. The monoisotopic (exact) mass is 651 g/mol. The van der Waals surface area contributed by atoms with E-state index < -0.39 is 88.2 Å². The van der Waals surface area contributed by atoms with E-state index >= 15 is 0 Å². The van der Waals surface area contributed by atoms with Gasteiger partial charge in [-0.2, -0.15) is 0 Å². The first-order valence-electron chi connectivity index (χ1n) is 12.1. The van der Waals surface area contributed by atoms with Crippen LogP contribution >= 0.6 is 26.9 Å². The molecule has 10 atom stereocenters. The molecule has 2 bridgehead atoms. The summed E-state index contributed by atoms with van der Waals surface area (Å²) in [5.74, 6) is 0.0387. The van der Waals surface area contributed by atoms with Gasteiger partial charge in [0.2, 0.25) is 0 Å². The fourth-order valence-corrected chi connectivity index (χ4v) is 7.22. The number of nitrogens with zero attached hydrogens (tertiary/aromatic N) is 5. The van der Waals surface area contributed by atoms with Gasteiger partial charge in [0.25, 0.3) is 5.56 Å². The SMILES string of the molecule is Nc1ncnc2c1ncn2[C@@H]1O[C@@H]2COP(=O)(S)O[C@H]3[C@@H](O)[C@H](n4ccc(=O)[nH]c4=O)O[C@@H]3COP(=O)(O)O[C@@H]1[C@@H]2O. The topological polar surface area (TPSA) is 275 Å². The van der Waals surface area contributed by atoms with Gasteiger partial charge < -0.3 is 30.3 Å². The highest BCUT2D eigenvalue weighted by atomic mass is 32.7. The molecule has 0 saturated carbocycles. The number of imidazole rings is 1. The summed E-state index contributed by atoms with van der Waals surface area (Å²) in [6.45, 7) is -5.82. The van der Waals surface area contributed by atoms with Gasteiger partial charge in [0.15, 0.2) is 23.9 Å². The number of hydrogen-bond acceptors (Lipinski definition) is 16. The molecule has 6 rings (SSSR count). The Hall–Kier alpha value is -2.52. The van der Waals surface area contributed by atoms with Crippen molar-refractivity contribution in [3.05, 3.63) is 45.8 Å². The van der Waals surface area contributed by atoms with Crippen molar-refractivity contribution < 1.29 is 51.8 Å². The normalized spacial score (nSPS) is 39.3. The van der Waals surface area contributed by atoms with E-state index in [1.807, 2.05) is 4.98 Å². The lowest BCUT2D eigenvalue weighted by Crippen LogP contribution is -2.38. The second-order valence-corrected chi connectivity index (χ2v) is 13.7. The Morgan fingerprint density at radius 3 is 2.48 bits per heavy atom. The van der Waals surface area contributed by atoms with Crippen molar-refractivity contribution in [2.75, 3.05) is 18.9 Å². The van der Waals surface area contributed by atoms with Crippen LogP contribution in [0.4, 0.5) is 5.82 Å². The summed E-state index contributed by atoms with van der Waals surface area (Å²) in [6, 6.07) is 0.993.